The number of aliphatic hydroxyl groups excluding tert-OH is 1. The highest BCUT2D eigenvalue weighted by Crippen LogP contribution is 2.15. The van der Waals surface area contributed by atoms with Gasteiger partial charge in [-0.05, 0) is 28.1 Å². The van der Waals surface area contributed by atoms with E-state index in [2.05, 4.69) is 15.9 Å². The van der Waals surface area contributed by atoms with Gasteiger partial charge in [-0.1, -0.05) is 0 Å². The number of carboxylic acids is 1. The molecular weight excluding hydrogens is 228 g/mol. The van der Waals surface area contributed by atoms with Gasteiger partial charge in [-0.25, -0.2) is 4.79 Å². The third-order valence-electron chi connectivity index (χ3n) is 1.31. The Morgan fingerprint density at radius 1 is 1.67 bits per heavy atom. The predicted octanol–water partition coefficient (Wildman–Crippen LogP) is 1.03. The molecule has 0 aliphatic carbocycles. The highest BCUT2D eigenvalue weighted by Gasteiger charge is 2.15. The van der Waals surface area contributed by atoms with Gasteiger partial charge < -0.3 is 14.6 Å². The lowest BCUT2D eigenvalue weighted by Crippen LogP contribution is -2.21. The highest BCUT2D eigenvalue weighted by molar-refractivity contribution is 9.10. The van der Waals surface area contributed by atoms with E-state index in [1.165, 1.54) is 0 Å². The van der Waals surface area contributed by atoms with Gasteiger partial charge in [-0.3, -0.25) is 0 Å². The lowest BCUT2D eigenvalue weighted by Gasteiger charge is -2.00. The van der Waals surface area contributed by atoms with Crippen molar-refractivity contribution in [3.8, 4) is 0 Å². The Morgan fingerprint density at radius 2 is 2.33 bits per heavy atom. The van der Waals surface area contributed by atoms with Gasteiger partial charge in [0.05, 0.1) is 0 Å². The number of hydrogen-bond donors (Lipinski definition) is 2. The van der Waals surface area contributed by atoms with E-state index in [0.29, 0.717) is 10.4 Å². The fourth-order valence-electron chi connectivity index (χ4n) is 0.739. The number of carboxylic acid groups (broad SMARTS) is 1. The fraction of sp³-hybridized carbons (Fsp3) is 0.286. The number of rotatable bonds is 3. The Kier molecular flexibility index (Phi) is 2.88. The van der Waals surface area contributed by atoms with Crippen LogP contribution in [0, 0.1) is 0 Å². The average molecular weight is 235 g/mol. The molecular formula is C7H7BrO4. The van der Waals surface area contributed by atoms with Crippen molar-refractivity contribution in [3.63, 3.8) is 0 Å². The predicted molar refractivity (Wildman–Crippen MR) is 43.8 cm³/mol. The number of furan rings is 1. The molecule has 0 amide bonds. The minimum atomic E-state index is -1.40. The maximum atomic E-state index is 10.2. The Morgan fingerprint density at radius 3 is 2.75 bits per heavy atom. The molecule has 0 aliphatic heterocycles. The van der Waals surface area contributed by atoms with Crippen molar-refractivity contribution in [2.45, 2.75) is 12.5 Å². The third-order valence-corrected chi connectivity index (χ3v) is 1.73. The van der Waals surface area contributed by atoms with Gasteiger partial charge in [-0.15, -0.1) is 0 Å². The molecule has 1 heterocycles. The summed E-state index contributed by atoms with van der Waals surface area (Å²) < 4.78 is 5.52. The first-order chi connectivity index (χ1) is 5.59. The Bertz CT molecular complexity index is 281. The molecule has 0 saturated heterocycles. The lowest BCUT2D eigenvalue weighted by molar-refractivity contribution is -0.146. The van der Waals surface area contributed by atoms with Crippen LogP contribution in [0.4, 0.5) is 0 Å². The largest absolute Gasteiger partial charge is 0.479 e. The molecule has 1 atom stereocenters. The van der Waals surface area contributed by atoms with Crippen LogP contribution in [0.5, 0.6) is 0 Å². The molecule has 4 nitrogen and oxygen atoms in total. The SMILES string of the molecule is O=C(O)[C@H](O)Cc1ccc(Br)o1. The van der Waals surface area contributed by atoms with Gasteiger partial charge in [0.25, 0.3) is 0 Å². The molecule has 0 unspecified atom stereocenters. The summed E-state index contributed by atoms with van der Waals surface area (Å²) in [6.45, 7) is 0. The monoisotopic (exact) mass is 234 g/mol. The van der Waals surface area contributed by atoms with Crippen LogP contribution in [0.2, 0.25) is 0 Å². The van der Waals surface area contributed by atoms with E-state index in [1.807, 2.05) is 0 Å². The van der Waals surface area contributed by atoms with E-state index in [1.54, 1.807) is 12.1 Å². The Balaban J connectivity index is 2.58. The zero-order valence-corrected chi connectivity index (χ0v) is 7.61. The van der Waals surface area contributed by atoms with Gasteiger partial charge >= 0.3 is 5.97 Å². The Labute approximate surface area is 76.9 Å². The average Bonchev–Trinajstić information content (AvgIpc) is 2.35. The minimum Gasteiger partial charge on any atom is -0.479 e. The standard InChI is InChI=1S/C7H7BrO4/c8-6-2-1-4(12-6)3-5(9)7(10)11/h1-2,5,9H,3H2,(H,10,11)/t5-/m1/s1. The summed E-state index contributed by atoms with van der Waals surface area (Å²) in [5.41, 5.74) is 0. The molecule has 0 bridgehead atoms. The maximum Gasteiger partial charge on any atom is 0.332 e. The first kappa shape index (κ1) is 9.28. The van der Waals surface area contributed by atoms with E-state index in [-0.39, 0.29) is 6.42 Å². The molecule has 1 aromatic rings. The van der Waals surface area contributed by atoms with Crippen molar-refractivity contribution < 1.29 is 19.4 Å². The molecule has 0 fully saturated rings. The van der Waals surface area contributed by atoms with Crippen LogP contribution in [-0.2, 0) is 11.2 Å². The zero-order chi connectivity index (χ0) is 9.14. The summed E-state index contributed by atoms with van der Waals surface area (Å²) in [5, 5.41) is 17.3. The van der Waals surface area contributed by atoms with Crippen molar-refractivity contribution in [2.75, 3.05) is 0 Å². The first-order valence-corrected chi connectivity index (χ1v) is 4.04. The van der Waals surface area contributed by atoms with Crippen LogP contribution in [0.15, 0.2) is 21.2 Å². The quantitative estimate of drug-likeness (QED) is 0.820. The molecule has 2 N–H and O–H groups in total. The third kappa shape index (κ3) is 2.35. The van der Waals surface area contributed by atoms with Gasteiger partial charge in [0.2, 0.25) is 0 Å². The molecule has 0 radical (unpaired) electrons. The molecule has 5 heteroatoms. The van der Waals surface area contributed by atoms with E-state index in [9.17, 15) is 4.79 Å². The molecule has 0 saturated carbocycles. The second kappa shape index (κ2) is 3.73. The highest BCUT2D eigenvalue weighted by atomic mass is 79.9. The smallest absolute Gasteiger partial charge is 0.332 e. The van der Waals surface area contributed by atoms with Crippen LogP contribution < -0.4 is 0 Å². The molecule has 0 aromatic carbocycles. The van der Waals surface area contributed by atoms with Crippen LogP contribution in [0.1, 0.15) is 5.76 Å². The number of halogens is 1. The van der Waals surface area contributed by atoms with Crippen molar-refractivity contribution >= 4 is 21.9 Å². The van der Waals surface area contributed by atoms with Crippen LogP contribution in [0.3, 0.4) is 0 Å². The number of hydrogen-bond acceptors (Lipinski definition) is 3. The van der Waals surface area contributed by atoms with Crippen molar-refractivity contribution in [2.24, 2.45) is 0 Å². The number of aliphatic hydroxyl groups is 1. The van der Waals surface area contributed by atoms with E-state index >= 15 is 0 Å². The lowest BCUT2D eigenvalue weighted by atomic mass is 10.2. The van der Waals surface area contributed by atoms with Crippen molar-refractivity contribution in [3.05, 3.63) is 22.6 Å². The minimum absolute atomic E-state index is 0.0130. The molecule has 0 aliphatic rings. The van der Waals surface area contributed by atoms with E-state index in [4.69, 9.17) is 14.6 Å². The number of carbonyl (C=O) groups is 1. The summed E-state index contributed by atoms with van der Waals surface area (Å²) in [5.74, 6) is -0.806. The van der Waals surface area contributed by atoms with Crippen LogP contribution in [-0.4, -0.2) is 22.3 Å². The summed E-state index contributed by atoms with van der Waals surface area (Å²) in [7, 11) is 0. The molecule has 0 spiro atoms. The first-order valence-electron chi connectivity index (χ1n) is 3.24. The fourth-order valence-corrected chi connectivity index (χ4v) is 1.08. The zero-order valence-electron chi connectivity index (χ0n) is 6.03. The molecule has 12 heavy (non-hydrogen) atoms. The summed E-state index contributed by atoms with van der Waals surface area (Å²) in [4.78, 5) is 10.2. The maximum absolute atomic E-state index is 10.2. The molecule has 1 aromatic heterocycles. The van der Waals surface area contributed by atoms with Gasteiger partial charge in [0.15, 0.2) is 10.8 Å². The van der Waals surface area contributed by atoms with E-state index < -0.39 is 12.1 Å². The van der Waals surface area contributed by atoms with Crippen LogP contribution >= 0.6 is 15.9 Å². The van der Waals surface area contributed by atoms with Gasteiger partial charge in [-0.2, -0.15) is 0 Å². The summed E-state index contributed by atoms with van der Waals surface area (Å²) >= 11 is 3.06. The second-order valence-electron chi connectivity index (χ2n) is 2.26. The van der Waals surface area contributed by atoms with E-state index in [0.717, 1.165) is 0 Å². The van der Waals surface area contributed by atoms with Crippen LogP contribution in [0.25, 0.3) is 0 Å². The summed E-state index contributed by atoms with van der Waals surface area (Å²) in [6.07, 6.45) is -1.41. The molecule has 1 rings (SSSR count). The molecule has 66 valence electrons. The van der Waals surface area contributed by atoms with Crippen molar-refractivity contribution in [1.29, 1.82) is 0 Å². The Hall–Kier alpha value is -0.810. The normalized spacial score (nSPS) is 12.8. The topological polar surface area (TPSA) is 70.7 Å². The summed E-state index contributed by atoms with van der Waals surface area (Å²) in [6, 6.07) is 3.25. The van der Waals surface area contributed by atoms with Gasteiger partial charge in [0.1, 0.15) is 5.76 Å². The van der Waals surface area contributed by atoms with Gasteiger partial charge in [0, 0.05) is 6.42 Å². The van der Waals surface area contributed by atoms with Crippen molar-refractivity contribution in [1.82, 2.24) is 0 Å². The number of aliphatic carboxylic acids is 1. The second-order valence-corrected chi connectivity index (χ2v) is 3.05.